The number of aromatic nitrogens is 4. The molecular weight excluding hydrogens is 384 g/mol. The van der Waals surface area contributed by atoms with Gasteiger partial charge < -0.3 is 9.26 Å². The first-order chi connectivity index (χ1) is 14.4. The van der Waals surface area contributed by atoms with Crippen molar-refractivity contribution < 1.29 is 9.26 Å². The molecule has 0 amide bonds. The summed E-state index contributed by atoms with van der Waals surface area (Å²) in [5, 5.41) is 3.95. The van der Waals surface area contributed by atoms with Gasteiger partial charge in [-0.25, -0.2) is 0 Å². The minimum absolute atomic E-state index is 0.00487. The molecule has 8 heteroatoms. The minimum Gasteiger partial charge on any atom is -0.497 e. The molecule has 0 aliphatic rings. The Balaban J connectivity index is 1.61. The average Bonchev–Trinajstić information content (AvgIpc) is 3.19. The van der Waals surface area contributed by atoms with Crippen LogP contribution >= 0.6 is 0 Å². The number of aryl methyl sites for hydroxylation is 2. The van der Waals surface area contributed by atoms with Crippen LogP contribution in [0.15, 0.2) is 69.0 Å². The van der Waals surface area contributed by atoms with E-state index < -0.39 is 11.1 Å². The number of benzene rings is 2. The molecule has 0 saturated heterocycles. The SMILES string of the molecule is COc1ccc(-c2noc(Cn3ccn(-c4cc(C)cc(C)c4)c(=O)c3=O)n2)cc1. The zero-order valence-corrected chi connectivity index (χ0v) is 16.8. The highest BCUT2D eigenvalue weighted by Crippen LogP contribution is 2.19. The first kappa shape index (κ1) is 19.4. The molecule has 2 aromatic heterocycles. The van der Waals surface area contributed by atoms with Gasteiger partial charge in [-0.1, -0.05) is 11.2 Å². The standard InChI is InChI=1S/C22H20N4O4/c1-14-10-15(2)12-17(11-14)26-9-8-25(21(27)22(26)28)13-19-23-20(24-30-19)16-4-6-18(29-3)7-5-16/h4-12H,13H2,1-3H3. The third-order valence-corrected chi connectivity index (χ3v) is 4.66. The molecule has 0 fully saturated rings. The Morgan fingerprint density at radius 1 is 0.967 bits per heavy atom. The highest BCUT2D eigenvalue weighted by molar-refractivity contribution is 5.55. The van der Waals surface area contributed by atoms with Crippen molar-refractivity contribution in [3.63, 3.8) is 0 Å². The fraction of sp³-hybridized carbons (Fsp3) is 0.182. The molecule has 2 aromatic carbocycles. The lowest BCUT2D eigenvalue weighted by molar-refractivity contribution is 0.369. The van der Waals surface area contributed by atoms with Crippen molar-refractivity contribution in [2.24, 2.45) is 0 Å². The van der Waals surface area contributed by atoms with E-state index in [1.165, 1.54) is 9.13 Å². The van der Waals surface area contributed by atoms with Gasteiger partial charge in [-0.05, 0) is 61.4 Å². The molecule has 4 rings (SSSR count). The maximum Gasteiger partial charge on any atom is 0.320 e. The van der Waals surface area contributed by atoms with E-state index in [9.17, 15) is 9.59 Å². The first-order valence-corrected chi connectivity index (χ1v) is 9.32. The van der Waals surface area contributed by atoms with Crippen LogP contribution in [0.2, 0.25) is 0 Å². The second-order valence-corrected chi connectivity index (χ2v) is 6.99. The number of ether oxygens (including phenoxy) is 1. The molecule has 0 atom stereocenters. The van der Waals surface area contributed by atoms with Crippen LogP contribution in [-0.4, -0.2) is 26.4 Å². The van der Waals surface area contributed by atoms with E-state index >= 15 is 0 Å². The van der Waals surface area contributed by atoms with Crippen LogP contribution in [0.25, 0.3) is 17.1 Å². The zero-order valence-electron chi connectivity index (χ0n) is 16.8. The molecule has 0 saturated carbocycles. The van der Waals surface area contributed by atoms with Crippen LogP contribution in [0, 0.1) is 13.8 Å². The molecule has 0 unspecified atom stereocenters. The average molecular weight is 404 g/mol. The van der Waals surface area contributed by atoms with Crippen LogP contribution in [0.5, 0.6) is 5.75 Å². The van der Waals surface area contributed by atoms with Gasteiger partial charge in [0.25, 0.3) is 0 Å². The van der Waals surface area contributed by atoms with E-state index in [0.29, 0.717) is 11.5 Å². The van der Waals surface area contributed by atoms with Crippen molar-refractivity contribution >= 4 is 0 Å². The summed E-state index contributed by atoms with van der Waals surface area (Å²) in [6, 6.07) is 12.9. The lowest BCUT2D eigenvalue weighted by atomic mass is 10.1. The van der Waals surface area contributed by atoms with Gasteiger partial charge in [0.05, 0.1) is 7.11 Å². The number of rotatable bonds is 5. The summed E-state index contributed by atoms with van der Waals surface area (Å²) in [6.07, 6.45) is 3.11. The molecular formula is C22H20N4O4. The molecule has 4 aromatic rings. The lowest BCUT2D eigenvalue weighted by Gasteiger charge is -2.09. The molecule has 0 aliphatic carbocycles. The van der Waals surface area contributed by atoms with Crippen molar-refractivity contribution in [3.05, 3.63) is 92.6 Å². The highest BCUT2D eigenvalue weighted by Gasteiger charge is 2.13. The summed E-state index contributed by atoms with van der Waals surface area (Å²) in [4.78, 5) is 29.6. The minimum atomic E-state index is -0.666. The molecule has 0 spiro atoms. The molecule has 8 nitrogen and oxygen atoms in total. The number of hydrogen-bond acceptors (Lipinski definition) is 6. The van der Waals surface area contributed by atoms with E-state index in [4.69, 9.17) is 9.26 Å². The molecule has 0 radical (unpaired) electrons. The normalized spacial score (nSPS) is 10.9. The Bertz CT molecular complexity index is 1300. The molecule has 0 bridgehead atoms. The van der Waals surface area contributed by atoms with Gasteiger partial charge in [0.1, 0.15) is 12.3 Å². The second-order valence-electron chi connectivity index (χ2n) is 6.99. The predicted molar refractivity (Wildman–Crippen MR) is 111 cm³/mol. The largest absolute Gasteiger partial charge is 0.497 e. The number of nitrogens with zero attached hydrogens (tertiary/aromatic N) is 4. The van der Waals surface area contributed by atoms with Crippen LogP contribution < -0.4 is 15.9 Å². The Morgan fingerprint density at radius 3 is 2.33 bits per heavy atom. The fourth-order valence-electron chi connectivity index (χ4n) is 3.25. The molecule has 0 aliphatic heterocycles. The van der Waals surface area contributed by atoms with E-state index in [-0.39, 0.29) is 12.4 Å². The van der Waals surface area contributed by atoms with Crippen LogP contribution in [0.4, 0.5) is 0 Å². The number of methoxy groups -OCH3 is 1. The zero-order chi connectivity index (χ0) is 21.3. The van der Waals surface area contributed by atoms with Gasteiger partial charge >= 0.3 is 11.1 Å². The van der Waals surface area contributed by atoms with Gasteiger partial charge in [-0.15, -0.1) is 0 Å². The number of hydrogen-bond donors (Lipinski definition) is 0. The molecule has 2 heterocycles. The summed E-state index contributed by atoms with van der Waals surface area (Å²) >= 11 is 0. The van der Waals surface area contributed by atoms with Gasteiger partial charge in [0.2, 0.25) is 11.7 Å². The maximum absolute atomic E-state index is 12.6. The second kappa shape index (κ2) is 7.82. The monoisotopic (exact) mass is 404 g/mol. The third kappa shape index (κ3) is 3.80. The van der Waals surface area contributed by atoms with Crippen molar-refractivity contribution in [1.29, 1.82) is 0 Å². The molecule has 0 N–H and O–H groups in total. The third-order valence-electron chi connectivity index (χ3n) is 4.66. The smallest absolute Gasteiger partial charge is 0.320 e. The Morgan fingerprint density at radius 2 is 1.67 bits per heavy atom. The van der Waals surface area contributed by atoms with E-state index in [1.54, 1.807) is 31.6 Å². The highest BCUT2D eigenvalue weighted by atomic mass is 16.5. The van der Waals surface area contributed by atoms with Gasteiger partial charge in [-0.3, -0.25) is 18.7 Å². The van der Waals surface area contributed by atoms with Crippen molar-refractivity contribution in [2.75, 3.05) is 7.11 Å². The summed E-state index contributed by atoms with van der Waals surface area (Å²) in [5.74, 6) is 1.34. The van der Waals surface area contributed by atoms with Crippen molar-refractivity contribution in [1.82, 2.24) is 19.3 Å². The van der Waals surface area contributed by atoms with Gasteiger partial charge in [0.15, 0.2) is 0 Å². The molecule has 152 valence electrons. The Hall–Kier alpha value is -3.94. The quantitative estimate of drug-likeness (QED) is 0.475. The Kier molecular flexibility index (Phi) is 5.05. The summed E-state index contributed by atoms with van der Waals surface area (Å²) in [6.45, 7) is 3.89. The van der Waals surface area contributed by atoms with E-state index in [1.807, 2.05) is 44.2 Å². The molecule has 30 heavy (non-hydrogen) atoms. The summed E-state index contributed by atoms with van der Waals surface area (Å²) < 4.78 is 13.0. The van der Waals surface area contributed by atoms with Crippen LogP contribution in [0.3, 0.4) is 0 Å². The van der Waals surface area contributed by atoms with Crippen LogP contribution in [-0.2, 0) is 6.54 Å². The fourth-order valence-corrected chi connectivity index (χ4v) is 3.25. The van der Waals surface area contributed by atoms with Gasteiger partial charge in [0, 0.05) is 23.6 Å². The summed E-state index contributed by atoms with van der Waals surface area (Å²) in [5.41, 5.74) is 2.12. The summed E-state index contributed by atoms with van der Waals surface area (Å²) in [7, 11) is 1.59. The van der Waals surface area contributed by atoms with Crippen molar-refractivity contribution in [3.8, 4) is 22.8 Å². The maximum atomic E-state index is 12.6. The van der Waals surface area contributed by atoms with Gasteiger partial charge in [-0.2, -0.15) is 4.98 Å². The topological polar surface area (TPSA) is 92.2 Å². The van der Waals surface area contributed by atoms with Crippen LogP contribution in [0.1, 0.15) is 17.0 Å². The van der Waals surface area contributed by atoms with E-state index in [0.717, 1.165) is 22.4 Å². The van der Waals surface area contributed by atoms with Crippen molar-refractivity contribution in [2.45, 2.75) is 20.4 Å². The van der Waals surface area contributed by atoms with E-state index in [2.05, 4.69) is 10.1 Å². The Labute approximate surface area is 172 Å². The predicted octanol–water partition coefficient (Wildman–Crippen LogP) is 2.72. The first-order valence-electron chi connectivity index (χ1n) is 9.32. The lowest BCUT2D eigenvalue weighted by Crippen LogP contribution is -2.40.